The van der Waals surface area contributed by atoms with E-state index in [9.17, 15) is 4.79 Å². The molecule has 1 amide bonds. The molecule has 0 atom stereocenters. The van der Waals surface area contributed by atoms with Gasteiger partial charge in [0, 0.05) is 4.90 Å². The van der Waals surface area contributed by atoms with Gasteiger partial charge < -0.3 is 15.1 Å². The van der Waals surface area contributed by atoms with Crippen LogP contribution in [-0.2, 0) is 4.79 Å². The van der Waals surface area contributed by atoms with E-state index in [-0.39, 0.29) is 5.91 Å². The van der Waals surface area contributed by atoms with Crippen molar-refractivity contribution in [1.29, 1.82) is 0 Å². The number of likely N-dealkylation sites (N-methyl/N-ethyl adjacent to an activating group) is 1. The maximum Gasteiger partial charge on any atom is 0.279 e. The summed E-state index contributed by atoms with van der Waals surface area (Å²) in [5.41, 5.74) is 0.930. The molecule has 0 spiro atoms. The lowest BCUT2D eigenvalue weighted by Crippen LogP contribution is -3.27. The number of rotatable bonds is 4. The van der Waals surface area contributed by atoms with Crippen molar-refractivity contribution in [1.82, 2.24) is 0 Å². The van der Waals surface area contributed by atoms with Gasteiger partial charge in [0.2, 0.25) is 0 Å². The minimum absolute atomic E-state index is 0.121. The highest BCUT2D eigenvalue weighted by molar-refractivity contribution is 7.98. The first-order valence-corrected chi connectivity index (χ1v) is 7.99. The molecule has 0 saturated carbocycles. The van der Waals surface area contributed by atoms with E-state index in [4.69, 9.17) is 0 Å². The van der Waals surface area contributed by atoms with Crippen LogP contribution in [0.2, 0.25) is 0 Å². The van der Waals surface area contributed by atoms with Crippen LogP contribution in [0.1, 0.15) is 0 Å². The van der Waals surface area contributed by atoms with Crippen LogP contribution >= 0.6 is 11.8 Å². The SMILES string of the molecule is CSc1ccccc1NC(=O)C[NH+]1CC[NH+](C)CC1. The molecule has 104 valence electrons. The van der Waals surface area contributed by atoms with Gasteiger partial charge in [0.05, 0.1) is 12.7 Å². The average molecular weight is 281 g/mol. The molecule has 5 heteroatoms. The Balaban J connectivity index is 1.87. The van der Waals surface area contributed by atoms with Crippen molar-refractivity contribution in [3.8, 4) is 0 Å². The molecule has 0 unspecified atom stereocenters. The van der Waals surface area contributed by atoms with E-state index in [1.54, 1.807) is 16.7 Å². The lowest BCUT2D eigenvalue weighted by Gasteiger charge is -2.26. The number of piperazine rings is 1. The third kappa shape index (κ3) is 4.23. The Morgan fingerprint density at radius 3 is 2.63 bits per heavy atom. The fraction of sp³-hybridized carbons (Fsp3) is 0.500. The van der Waals surface area contributed by atoms with Crippen LogP contribution in [0, 0.1) is 0 Å². The van der Waals surface area contributed by atoms with Gasteiger partial charge in [-0.3, -0.25) is 4.79 Å². The summed E-state index contributed by atoms with van der Waals surface area (Å²) in [5, 5.41) is 3.03. The molecule has 1 saturated heterocycles. The number of thioether (sulfide) groups is 1. The van der Waals surface area contributed by atoms with E-state index in [0.717, 1.165) is 36.8 Å². The second-order valence-electron chi connectivity index (χ2n) is 5.13. The third-order valence-electron chi connectivity index (χ3n) is 3.60. The number of amides is 1. The van der Waals surface area contributed by atoms with Crippen LogP contribution in [0.5, 0.6) is 0 Å². The Hall–Kier alpha value is -1.04. The maximum atomic E-state index is 12.1. The molecular weight excluding hydrogens is 258 g/mol. The monoisotopic (exact) mass is 281 g/mol. The van der Waals surface area contributed by atoms with Gasteiger partial charge in [0.1, 0.15) is 26.2 Å². The van der Waals surface area contributed by atoms with Crippen molar-refractivity contribution < 1.29 is 14.6 Å². The van der Waals surface area contributed by atoms with Crippen molar-refractivity contribution in [3.05, 3.63) is 24.3 Å². The van der Waals surface area contributed by atoms with E-state index in [1.807, 2.05) is 30.5 Å². The Bertz CT molecular complexity index is 430. The van der Waals surface area contributed by atoms with Gasteiger partial charge in [-0.15, -0.1) is 11.8 Å². The zero-order chi connectivity index (χ0) is 13.7. The molecule has 1 aromatic carbocycles. The van der Waals surface area contributed by atoms with Gasteiger partial charge in [-0.1, -0.05) is 12.1 Å². The first kappa shape index (κ1) is 14.4. The number of para-hydroxylation sites is 1. The van der Waals surface area contributed by atoms with E-state index in [2.05, 4.69) is 12.4 Å². The summed E-state index contributed by atoms with van der Waals surface area (Å²) in [5.74, 6) is 0.121. The second-order valence-corrected chi connectivity index (χ2v) is 5.98. The summed E-state index contributed by atoms with van der Waals surface area (Å²) < 4.78 is 0. The fourth-order valence-electron chi connectivity index (χ4n) is 2.38. The molecule has 1 aliphatic rings. The predicted octanol–water partition coefficient (Wildman–Crippen LogP) is -1.24. The van der Waals surface area contributed by atoms with Crippen LogP contribution in [0.4, 0.5) is 5.69 Å². The summed E-state index contributed by atoms with van der Waals surface area (Å²) in [6, 6.07) is 7.96. The molecule has 19 heavy (non-hydrogen) atoms. The van der Waals surface area contributed by atoms with Gasteiger partial charge in [0.15, 0.2) is 6.54 Å². The Morgan fingerprint density at radius 2 is 1.95 bits per heavy atom. The number of hydrogen-bond acceptors (Lipinski definition) is 2. The standard InChI is InChI=1S/C14H21N3OS/c1-16-7-9-17(10-8-16)11-14(18)15-12-5-3-4-6-13(12)19-2/h3-6H,7-11H2,1-2H3,(H,15,18)/p+2. The summed E-state index contributed by atoms with van der Waals surface area (Å²) in [6.45, 7) is 5.07. The quantitative estimate of drug-likeness (QED) is 0.604. The summed E-state index contributed by atoms with van der Waals surface area (Å²) in [4.78, 5) is 16.2. The Morgan fingerprint density at radius 1 is 1.26 bits per heavy atom. The van der Waals surface area contributed by atoms with Crippen molar-refractivity contribution in [3.63, 3.8) is 0 Å². The summed E-state index contributed by atoms with van der Waals surface area (Å²) in [7, 11) is 2.21. The largest absolute Gasteiger partial charge is 0.328 e. The molecule has 0 radical (unpaired) electrons. The maximum absolute atomic E-state index is 12.1. The molecular formula is C14H23N3OS+2. The van der Waals surface area contributed by atoms with Gasteiger partial charge in [0.25, 0.3) is 5.91 Å². The van der Waals surface area contributed by atoms with Crippen LogP contribution in [0.15, 0.2) is 29.2 Å². The molecule has 1 heterocycles. The minimum atomic E-state index is 0.121. The van der Waals surface area contributed by atoms with Crippen molar-refractivity contribution >= 4 is 23.4 Å². The molecule has 0 bridgehead atoms. The molecule has 0 aromatic heterocycles. The van der Waals surface area contributed by atoms with Crippen LogP contribution in [0.3, 0.4) is 0 Å². The molecule has 1 fully saturated rings. The van der Waals surface area contributed by atoms with E-state index >= 15 is 0 Å². The molecule has 0 aliphatic carbocycles. The van der Waals surface area contributed by atoms with Crippen molar-refractivity contribution in [2.45, 2.75) is 4.90 Å². The summed E-state index contributed by atoms with van der Waals surface area (Å²) >= 11 is 1.66. The summed E-state index contributed by atoms with van der Waals surface area (Å²) in [6.07, 6.45) is 2.03. The van der Waals surface area contributed by atoms with E-state index in [0.29, 0.717) is 6.54 Å². The van der Waals surface area contributed by atoms with E-state index in [1.165, 1.54) is 4.90 Å². The Kier molecular flexibility index (Phi) is 5.24. The van der Waals surface area contributed by atoms with Crippen molar-refractivity contribution in [2.24, 2.45) is 0 Å². The molecule has 2 rings (SSSR count). The minimum Gasteiger partial charge on any atom is -0.328 e. The smallest absolute Gasteiger partial charge is 0.279 e. The van der Waals surface area contributed by atoms with Gasteiger partial charge >= 0.3 is 0 Å². The highest BCUT2D eigenvalue weighted by Crippen LogP contribution is 2.24. The number of carbonyl (C=O) groups excluding carboxylic acids is 1. The Labute approximate surface area is 119 Å². The lowest BCUT2D eigenvalue weighted by molar-refractivity contribution is -0.999. The number of quaternary nitrogens is 2. The third-order valence-corrected chi connectivity index (χ3v) is 4.40. The molecule has 4 nitrogen and oxygen atoms in total. The zero-order valence-electron chi connectivity index (χ0n) is 11.7. The average Bonchev–Trinajstić information content (AvgIpc) is 2.42. The number of anilines is 1. The number of nitrogens with one attached hydrogen (secondary N) is 3. The van der Waals surface area contributed by atoms with Gasteiger partial charge in [-0.2, -0.15) is 0 Å². The fourth-order valence-corrected chi connectivity index (χ4v) is 2.93. The zero-order valence-corrected chi connectivity index (χ0v) is 12.5. The molecule has 1 aromatic rings. The highest BCUT2D eigenvalue weighted by atomic mass is 32.2. The number of benzene rings is 1. The predicted molar refractivity (Wildman–Crippen MR) is 79.0 cm³/mol. The first-order chi connectivity index (χ1) is 9.19. The van der Waals surface area contributed by atoms with Gasteiger partial charge in [-0.25, -0.2) is 0 Å². The first-order valence-electron chi connectivity index (χ1n) is 6.77. The normalized spacial score (nSPS) is 23.1. The highest BCUT2D eigenvalue weighted by Gasteiger charge is 2.22. The van der Waals surface area contributed by atoms with Crippen LogP contribution in [-0.4, -0.2) is 51.9 Å². The number of hydrogen-bond donors (Lipinski definition) is 3. The molecule has 3 N–H and O–H groups in total. The lowest BCUT2D eigenvalue weighted by atomic mass is 10.3. The van der Waals surface area contributed by atoms with Crippen LogP contribution < -0.4 is 15.1 Å². The molecule has 1 aliphatic heterocycles. The van der Waals surface area contributed by atoms with E-state index < -0.39 is 0 Å². The number of carbonyl (C=O) groups is 1. The van der Waals surface area contributed by atoms with Gasteiger partial charge in [-0.05, 0) is 18.4 Å². The van der Waals surface area contributed by atoms with Crippen molar-refractivity contribution in [2.75, 3.05) is 51.3 Å². The second kappa shape index (κ2) is 6.93. The van der Waals surface area contributed by atoms with Crippen LogP contribution in [0.25, 0.3) is 0 Å². The topological polar surface area (TPSA) is 38.0 Å².